The summed E-state index contributed by atoms with van der Waals surface area (Å²) in [5, 5.41) is 0. The molecule has 0 bridgehead atoms. The van der Waals surface area contributed by atoms with Gasteiger partial charge in [0.1, 0.15) is 0 Å². The number of hydrogen-bond acceptors (Lipinski definition) is 3. The van der Waals surface area contributed by atoms with Crippen molar-refractivity contribution in [1.29, 1.82) is 0 Å². The second-order valence-electron chi connectivity index (χ2n) is 7.59. The predicted molar refractivity (Wildman–Crippen MR) is 111 cm³/mol. The lowest BCUT2D eigenvalue weighted by Gasteiger charge is -2.27. The van der Waals surface area contributed by atoms with E-state index in [1.54, 1.807) is 35.3 Å². The number of aryl methyl sites for hydroxylation is 2. The summed E-state index contributed by atoms with van der Waals surface area (Å²) in [5.41, 5.74) is 3.28. The Labute approximate surface area is 168 Å². The lowest BCUT2D eigenvalue weighted by atomic mass is 10.1. The molecule has 6 heteroatoms. The molecular weight excluding hydrogens is 372 g/mol. The number of benzene rings is 2. The van der Waals surface area contributed by atoms with Gasteiger partial charge in [-0.2, -0.15) is 4.31 Å². The molecule has 0 saturated carbocycles. The summed E-state index contributed by atoms with van der Waals surface area (Å²) in [6.45, 7) is 5.37. The second-order valence-corrected chi connectivity index (χ2v) is 9.50. The van der Waals surface area contributed by atoms with E-state index in [0.29, 0.717) is 30.8 Å². The number of carbonyl (C=O) groups excluding carboxylic acids is 1. The van der Waals surface area contributed by atoms with Crippen LogP contribution >= 0.6 is 0 Å². The smallest absolute Gasteiger partial charge is 0.253 e. The van der Waals surface area contributed by atoms with E-state index in [9.17, 15) is 13.2 Å². The SMILES string of the molecule is Cc1ccc(CN(C)C(=O)c2ccc(C)c(S(=O)(=O)N3CCCCC3)c2)cc1. The Kier molecular flexibility index (Phi) is 6.20. The van der Waals surface area contributed by atoms with Crippen LogP contribution in [0.1, 0.15) is 46.3 Å². The topological polar surface area (TPSA) is 57.7 Å². The van der Waals surface area contributed by atoms with Crippen molar-refractivity contribution in [1.82, 2.24) is 9.21 Å². The van der Waals surface area contributed by atoms with Crippen LogP contribution in [0.4, 0.5) is 0 Å². The van der Waals surface area contributed by atoms with Gasteiger partial charge in [0.15, 0.2) is 0 Å². The molecule has 150 valence electrons. The van der Waals surface area contributed by atoms with Crippen molar-refractivity contribution in [2.75, 3.05) is 20.1 Å². The first kappa shape index (κ1) is 20.6. The van der Waals surface area contributed by atoms with Gasteiger partial charge < -0.3 is 4.90 Å². The molecule has 1 fully saturated rings. The van der Waals surface area contributed by atoms with Crippen molar-refractivity contribution in [2.45, 2.75) is 44.6 Å². The maximum absolute atomic E-state index is 13.1. The van der Waals surface area contributed by atoms with E-state index in [0.717, 1.165) is 24.8 Å². The third kappa shape index (κ3) is 4.45. The van der Waals surface area contributed by atoms with Crippen LogP contribution in [0.15, 0.2) is 47.4 Å². The van der Waals surface area contributed by atoms with E-state index in [1.807, 2.05) is 31.2 Å². The summed E-state index contributed by atoms with van der Waals surface area (Å²) in [6.07, 6.45) is 2.83. The average molecular weight is 401 g/mol. The fourth-order valence-corrected chi connectivity index (χ4v) is 5.28. The minimum atomic E-state index is -3.58. The fraction of sp³-hybridized carbons (Fsp3) is 0.409. The molecule has 0 aromatic heterocycles. The summed E-state index contributed by atoms with van der Waals surface area (Å²) in [7, 11) is -1.84. The maximum atomic E-state index is 13.1. The van der Waals surface area contributed by atoms with E-state index < -0.39 is 10.0 Å². The maximum Gasteiger partial charge on any atom is 0.253 e. The highest BCUT2D eigenvalue weighted by Gasteiger charge is 2.28. The number of amides is 1. The minimum Gasteiger partial charge on any atom is -0.337 e. The van der Waals surface area contributed by atoms with Crippen molar-refractivity contribution in [2.24, 2.45) is 0 Å². The van der Waals surface area contributed by atoms with Crippen LogP contribution in [0.25, 0.3) is 0 Å². The van der Waals surface area contributed by atoms with Gasteiger partial charge in [-0.05, 0) is 49.9 Å². The molecule has 0 atom stereocenters. The van der Waals surface area contributed by atoms with Crippen LogP contribution in [0.5, 0.6) is 0 Å². The Morgan fingerprint density at radius 2 is 1.64 bits per heavy atom. The molecule has 2 aromatic carbocycles. The Bertz CT molecular complexity index is 946. The molecule has 2 aromatic rings. The van der Waals surface area contributed by atoms with Crippen LogP contribution in [-0.4, -0.2) is 43.7 Å². The van der Waals surface area contributed by atoms with E-state index in [4.69, 9.17) is 0 Å². The van der Waals surface area contributed by atoms with E-state index in [2.05, 4.69) is 0 Å². The van der Waals surface area contributed by atoms with Crippen molar-refractivity contribution in [3.05, 3.63) is 64.7 Å². The zero-order valence-electron chi connectivity index (χ0n) is 16.8. The fourth-order valence-electron chi connectivity index (χ4n) is 3.51. The largest absolute Gasteiger partial charge is 0.337 e. The molecule has 1 amide bonds. The van der Waals surface area contributed by atoms with Crippen LogP contribution in [0, 0.1) is 13.8 Å². The van der Waals surface area contributed by atoms with Crippen molar-refractivity contribution in [3.8, 4) is 0 Å². The molecule has 0 spiro atoms. The second kappa shape index (κ2) is 8.45. The molecule has 5 nitrogen and oxygen atoms in total. The summed E-state index contributed by atoms with van der Waals surface area (Å²) in [5.74, 6) is -0.185. The molecule has 3 rings (SSSR count). The number of carbonyl (C=O) groups is 1. The standard InChI is InChI=1S/C22H28N2O3S/c1-17-7-10-19(11-8-17)16-23(3)22(25)20-12-9-18(2)21(15-20)28(26,27)24-13-5-4-6-14-24/h7-12,15H,4-6,13-14,16H2,1-3H3. The predicted octanol–water partition coefficient (Wildman–Crippen LogP) is 3.75. The molecule has 28 heavy (non-hydrogen) atoms. The van der Waals surface area contributed by atoms with Gasteiger partial charge in [0.05, 0.1) is 4.90 Å². The Morgan fingerprint density at radius 1 is 1.00 bits per heavy atom. The zero-order valence-corrected chi connectivity index (χ0v) is 17.6. The van der Waals surface area contributed by atoms with Gasteiger partial charge >= 0.3 is 0 Å². The normalized spacial score (nSPS) is 15.4. The summed E-state index contributed by atoms with van der Waals surface area (Å²) in [6, 6.07) is 13.0. The van der Waals surface area contributed by atoms with Crippen molar-refractivity contribution >= 4 is 15.9 Å². The number of nitrogens with zero attached hydrogens (tertiary/aromatic N) is 2. The first-order chi connectivity index (χ1) is 13.3. The third-order valence-electron chi connectivity index (χ3n) is 5.25. The molecule has 1 aliphatic rings. The highest BCUT2D eigenvalue weighted by molar-refractivity contribution is 7.89. The molecule has 0 unspecified atom stereocenters. The van der Waals surface area contributed by atoms with Gasteiger partial charge in [-0.3, -0.25) is 4.79 Å². The first-order valence-corrected chi connectivity index (χ1v) is 11.1. The van der Waals surface area contributed by atoms with Crippen molar-refractivity contribution < 1.29 is 13.2 Å². The van der Waals surface area contributed by atoms with Crippen LogP contribution < -0.4 is 0 Å². The molecule has 0 radical (unpaired) electrons. The van der Waals surface area contributed by atoms with Gasteiger partial charge in [-0.1, -0.05) is 42.3 Å². The van der Waals surface area contributed by atoms with E-state index in [1.165, 1.54) is 11.6 Å². The van der Waals surface area contributed by atoms with E-state index >= 15 is 0 Å². The number of piperidine rings is 1. The Hall–Kier alpha value is -2.18. The number of sulfonamides is 1. The monoisotopic (exact) mass is 400 g/mol. The minimum absolute atomic E-state index is 0.185. The molecule has 1 saturated heterocycles. The average Bonchev–Trinajstić information content (AvgIpc) is 2.70. The van der Waals surface area contributed by atoms with Gasteiger partial charge in [0.2, 0.25) is 10.0 Å². The van der Waals surface area contributed by atoms with Crippen LogP contribution in [0.3, 0.4) is 0 Å². The Balaban J connectivity index is 1.83. The third-order valence-corrected chi connectivity index (χ3v) is 7.30. The first-order valence-electron chi connectivity index (χ1n) is 9.71. The van der Waals surface area contributed by atoms with Crippen molar-refractivity contribution in [3.63, 3.8) is 0 Å². The lowest BCUT2D eigenvalue weighted by molar-refractivity contribution is 0.0785. The molecule has 1 aliphatic heterocycles. The molecular formula is C22H28N2O3S. The van der Waals surface area contributed by atoms with E-state index in [-0.39, 0.29) is 10.8 Å². The molecule has 0 N–H and O–H groups in total. The summed E-state index contributed by atoms with van der Waals surface area (Å²) >= 11 is 0. The van der Waals surface area contributed by atoms with Gasteiger partial charge in [0, 0.05) is 32.2 Å². The quantitative estimate of drug-likeness (QED) is 0.768. The van der Waals surface area contributed by atoms with Crippen LogP contribution in [0.2, 0.25) is 0 Å². The lowest BCUT2D eigenvalue weighted by Crippen LogP contribution is -2.36. The molecule has 1 heterocycles. The summed E-state index contributed by atoms with van der Waals surface area (Å²) in [4.78, 5) is 14.8. The van der Waals surface area contributed by atoms with Crippen LogP contribution in [-0.2, 0) is 16.6 Å². The highest BCUT2D eigenvalue weighted by Crippen LogP contribution is 2.25. The van der Waals surface area contributed by atoms with Gasteiger partial charge in [-0.15, -0.1) is 0 Å². The molecule has 0 aliphatic carbocycles. The number of rotatable bonds is 5. The zero-order chi connectivity index (χ0) is 20.3. The highest BCUT2D eigenvalue weighted by atomic mass is 32.2. The van der Waals surface area contributed by atoms with Gasteiger partial charge in [0.25, 0.3) is 5.91 Å². The Morgan fingerprint density at radius 3 is 2.29 bits per heavy atom. The van der Waals surface area contributed by atoms with Gasteiger partial charge in [-0.25, -0.2) is 8.42 Å². The summed E-state index contributed by atoms with van der Waals surface area (Å²) < 4.78 is 27.7. The number of hydrogen-bond donors (Lipinski definition) is 0.